The van der Waals surface area contributed by atoms with E-state index >= 15 is 0 Å². The first kappa shape index (κ1) is 15.1. The first-order valence-corrected chi connectivity index (χ1v) is 8.13. The molecular weight excluding hydrogens is 204 g/mol. The standard InChI is InChI=1S/C17H34/c1-5-7-17-13-12-16(11-10-15(17)4)9-6-8-14(2)3/h14-17H,5-13H2,1-4H3. The van der Waals surface area contributed by atoms with E-state index < -0.39 is 0 Å². The lowest BCUT2D eigenvalue weighted by molar-refractivity contribution is 0.314. The van der Waals surface area contributed by atoms with Crippen molar-refractivity contribution in [3.63, 3.8) is 0 Å². The predicted octanol–water partition coefficient (Wildman–Crippen LogP) is 6.06. The van der Waals surface area contributed by atoms with Gasteiger partial charge < -0.3 is 0 Å². The SMILES string of the molecule is CCCC1CCC(CCCC(C)C)CCC1C. The zero-order chi connectivity index (χ0) is 12.7. The van der Waals surface area contributed by atoms with Gasteiger partial charge in [-0.2, -0.15) is 0 Å². The largest absolute Gasteiger partial charge is 0.0654 e. The van der Waals surface area contributed by atoms with Gasteiger partial charge in [0.25, 0.3) is 0 Å². The molecule has 17 heavy (non-hydrogen) atoms. The minimum Gasteiger partial charge on any atom is -0.0654 e. The normalized spacial score (nSPS) is 30.5. The highest BCUT2D eigenvalue weighted by atomic mass is 14.3. The maximum atomic E-state index is 2.50. The molecule has 1 saturated carbocycles. The molecule has 0 radical (unpaired) electrons. The Hall–Kier alpha value is 0. The number of hydrogen-bond donors (Lipinski definition) is 0. The summed E-state index contributed by atoms with van der Waals surface area (Å²) in [5.74, 6) is 3.98. The van der Waals surface area contributed by atoms with Crippen LogP contribution in [0.25, 0.3) is 0 Å². The van der Waals surface area contributed by atoms with E-state index in [1.165, 1.54) is 57.8 Å². The van der Waals surface area contributed by atoms with Gasteiger partial charge in [0, 0.05) is 0 Å². The molecule has 102 valence electrons. The van der Waals surface area contributed by atoms with E-state index in [9.17, 15) is 0 Å². The van der Waals surface area contributed by atoms with E-state index in [2.05, 4.69) is 27.7 Å². The van der Waals surface area contributed by atoms with Crippen LogP contribution in [0.2, 0.25) is 0 Å². The molecule has 0 N–H and O–H groups in total. The van der Waals surface area contributed by atoms with Crippen LogP contribution in [0.3, 0.4) is 0 Å². The summed E-state index contributed by atoms with van der Waals surface area (Å²) in [6.45, 7) is 9.55. The molecule has 0 aromatic carbocycles. The summed E-state index contributed by atoms with van der Waals surface area (Å²) in [6.07, 6.45) is 13.3. The summed E-state index contributed by atoms with van der Waals surface area (Å²) >= 11 is 0. The fraction of sp³-hybridized carbons (Fsp3) is 1.00. The van der Waals surface area contributed by atoms with Crippen LogP contribution >= 0.6 is 0 Å². The fourth-order valence-corrected chi connectivity index (χ4v) is 3.52. The fourth-order valence-electron chi connectivity index (χ4n) is 3.52. The van der Waals surface area contributed by atoms with Crippen molar-refractivity contribution in [2.45, 2.75) is 85.5 Å². The van der Waals surface area contributed by atoms with Gasteiger partial charge in [0.15, 0.2) is 0 Å². The maximum absolute atomic E-state index is 2.50. The molecule has 0 aromatic rings. The summed E-state index contributed by atoms with van der Waals surface area (Å²) in [5, 5.41) is 0. The third-order valence-electron chi connectivity index (χ3n) is 4.83. The minimum absolute atomic E-state index is 0.896. The van der Waals surface area contributed by atoms with Crippen molar-refractivity contribution in [3.8, 4) is 0 Å². The highest BCUT2D eigenvalue weighted by Gasteiger charge is 2.23. The van der Waals surface area contributed by atoms with Crippen LogP contribution in [0.4, 0.5) is 0 Å². The summed E-state index contributed by atoms with van der Waals surface area (Å²) in [4.78, 5) is 0. The third kappa shape index (κ3) is 5.93. The quantitative estimate of drug-likeness (QED) is 0.494. The maximum Gasteiger partial charge on any atom is -0.0388 e. The van der Waals surface area contributed by atoms with E-state index in [1.807, 2.05) is 0 Å². The zero-order valence-electron chi connectivity index (χ0n) is 12.7. The molecule has 0 bridgehead atoms. The van der Waals surface area contributed by atoms with Gasteiger partial charge in [-0.3, -0.25) is 0 Å². The highest BCUT2D eigenvalue weighted by molar-refractivity contribution is 4.75. The first-order chi connectivity index (χ1) is 8.13. The van der Waals surface area contributed by atoms with Crippen molar-refractivity contribution in [3.05, 3.63) is 0 Å². The molecule has 1 aliphatic carbocycles. The van der Waals surface area contributed by atoms with Gasteiger partial charge in [-0.1, -0.05) is 79.1 Å². The molecule has 0 aliphatic heterocycles. The van der Waals surface area contributed by atoms with E-state index in [0.29, 0.717) is 0 Å². The predicted molar refractivity (Wildman–Crippen MR) is 78.2 cm³/mol. The van der Waals surface area contributed by atoms with Gasteiger partial charge in [-0.25, -0.2) is 0 Å². The van der Waals surface area contributed by atoms with Crippen LogP contribution in [-0.2, 0) is 0 Å². The van der Waals surface area contributed by atoms with E-state index in [0.717, 1.165) is 23.7 Å². The van der Waals surface area contributed by atoms with Gasteiger partial charge >= 0.3 is 0 Å². The molecule has 1 aliphatic rings. The van der Waals surface area contributed by atoms with Crippen molar-refractivity contribution in [1.29, 1.82) is 0 Å². The Labute approximate surface area is 110 Å². The van der Waals surface area contributed by atoms with E-state index in [-0.39, 0.29) is 0 Å². The van der Waals surface area contributed by atoms with Gasteiger partial charge in [0.2, 0.25) is 0 Å². The molecule has 3 unspecified atom stereocenters. The molecule has 0 amide bonds. The Morgan fingerprint density at radius 2 is 1.71 bits per heavy atom. The Balaban J connectivity index is 2.26. The lowest BCUT2D eigenvalue weighted by atomic mass is 9.86. The minimum atomic E-state index is 0.896. The second-order valence-electron chi connectivity index (χ2n) is 6.87. The Kier molecular flexibility index (Phi) is 7.23. The first-order valence-electron chi connectivity index (χ1n) is 8.13. The third-order valence-corrected chi connectivity index (χ3v) is 4.83. The van der Waals surface area contributed by atoms with Crippen LogP contribution in [-0.4, -0.2) is 0 Å². The molecule has 0 nitrogen and oxygen atoms in total. The smallest absolute Gasteiger partial charge is 0.0388 e. The molecular formula is C17H34. The highest BCUT2D eigenvalue weighted by Crippen LogP contribution is 2.36. The van der Waals surface area contributed by atoms with Crippen molar-refractivity contribution in [2.24, 2.45) is 23.7 Å². The zero-order valence-corrected chi connectivity index (χ0v) is 12.7. The molecule has 0 saturated heterocycles. The molecule has 3 atom stereocenters. The van der Waals surface area contributed by atoms with Crippen molar-refractivity contribution in [2.75, 3.05) is 0 Å². The molecule has 1 fully saturated rings. The van der Waals surface area contributed by atoms with Crippen molar-refractivity contribution >= 4 is 0 Å². The number of hydrogen-bond acceptors (Lipinski definition) is 0. The average Bonchev–Trinajstić information content (AvgIpc) is 2.44. The van der Waals surface area contributed by atoms with Crippen molar-refractivity contribution in [1.82, 2.24) is 0 Å². The Morgan fingerprint density at radius 3 is 2.35 bits per heavy atom. The average molecular weight is 238 g/mol. The second-order valence-corrected chi connectivity index (χ2v) is 6.87. The van der Waals surface area contributed by atoms with E-state index in [4.69, 9.17) is 0 Å². The second kappa shape index (κ2) is 8.16. The van der Waals surface area contributed by atoms with Gasteiger partial charge in [-0.05, 0) is 30.1 Å². The monoisotopic (exact) mass is 238 g/mol. The Morgan fingerprint density at radius 1 is 1.00 bits per heavy atom. The van der Waals surface area contributed by atoms with Crippen LogP contribution < -0.4 is 0 Å². The summed E-state index contributed by atoms with van der Waals surface area (Å²) in [5.41, 5.74) is 0. The van der Waals surface area contributed by atoms with Gasteiger partial charge in [0.1, 0.15) is 0 Å². The summed E-state index contributed by atoms with van der Waals surface area (Å²) in [6, 6.07) is 0. The van der Waals surface area contributed by atoms with Crippen LogP contribution in [0.1, 0.15) is 85.5 Å². The molecule has 1 rings (SSSR count). The van der Waals surface area contributed by atoms with Crippen molar-refractivity contribution < 1.29 is 0 Å². The lowest BCUT2D eigenvalue weighted by Crippen LogP contribution is -2.09. The number of rotatable bonds is 6. The van der Waals surface area contributed by atoms with Crippen LogP contribution in [0.5, 0.6) is 0 Å². The summed E-state index contributed by atoms with van der Waals surface area (Å²) in [7, 11) is 0. The molecule has 0 heteroatoms. The lowest BCUT2D eigenvalue weighted by Gasteiger charge is -2.20. The van der Waals surface area contributed by atoms with Crippen LogP contribution in [0.15, 0.2) is 0 Å². The van der Waals surface area contributed by atoms with Gasteiger partial charge in [0.05, 0.1) is 0 Å². The van der Waals surface area contributed by atoms with Crippen LogP contribution in [0, 0.1) is 23.7 Å². The summed E-state index contributed by atoms with van der Waals surface area (Å²) < 4.78 is 0. The van der Waals surface area contributed by atoms with Gasteiger partial charge in [-0.15, -0.1) is 0 Å². The Bertz CT molecular complexity index is 182. The molecule has 0 heterocycles. The molecule has 0 spiro atoms. The topological polar surface area (TPSA) is 0 Å². The molecule has 0 aromatic heterocycles. The van der Waals surface area contributed by atoms with E-state index in [1.54, 1.807) is 0 Å².